The molecular weight excluding hydrogens is 262 g/mol. The van der Waals surface area contributed by atoms with Gasteiger partial charge in [-0.3, -0.25) is 5.01 Å². The second-order valence-corrected chi connectivity index (χ2v) is 6.66. The van der Waals surface area contributed by atoms with Gasteiger partial charge in [-0.2, -0.15) is 0 Å². The number of nitrogens with one attached hydrogen (secondary N) is 1. The van der Waals surface area contributed by atoms with Gasteiger partial charge in [-0.25, -0.2) is 13.4 Å². The molecule has 0 amide bonds. The molecule has 2 aromatic rings. The highest BCUT2D eigenvalue weighted by atomic mass is 32.2. The third kappa shape index (κ3) is 2.41. The molecule has 2 heterocycles. The molecule has 19 heavy (non-hydrogen) atoms. The minimum absolute atomic E-state index is 0.616. The SMILES string of the molecule is Cc1ccc2cc3c(nc2c1)N(NS(C)(=O)=O)CC3. The molecule has 0 saturated heterocycles. The first-order valence-corrected chi connectivity index (χ1v) is 7.97. The third-order valence-electron chi connectivity index (χ3n) is 3.17. The maximum absolute atomic E-state index is 11.3. The fraction of sp³-hybridized carbons (Fsp3) is 0.308. The number of pyridine rings is 1. The first-order chi connectivity index (χ1) is 8.92. The number of hydrogen-bond acceptors (Lipinski definition) is 4. The molecule has 1 aliphatic heterocycles. The molecule has 1 aromatic heterocycles. The fourth-order valence-electron chi connectivity index (χ4n) is 2.36. The zero-order chi connectivity index (χ0) is 13.6. The number of fused-ring (bicyclic) bond motifs is 2. The smallest absolute Gasteiger partial charge is 0.225 e. The first-order valence-electron chi connectivity index (χ1n) is 6.08. The normalized spacial score (nSPS) is 14.9. The van der Waals surface area contributed by atoms with Gasteiger partial charge in [0, 0.05) is 11.9 Å². The van der Waals surface area contributed by atoms with Crippen LogP contribution in [0.25, 0.3) is 10.9 Å². The molecule has 100 valence electrons. The summed E-state index contributed by atoms with van der Waals surface area (Å²) in [6.45, 7) is 2.63. The molecule has 1 N–H and O–H groups in total. The van der Waals surface area contributed by atoms with E-state index in [2.05, 4.69) is 21.9 Å². The predicted octanol–water partition coefficient (Wildman–Crippen LogP) is 1.37. The maximum Gasteiger partial charge on any atom is 0.225 e. The van der Waals surface area contributed by atoms with E-state index < -0.39 is 10.0 Å². The summed E-state index contributed by atoms with van der Waals surface area (Å²) in [6, 6.07) is 8.19. The van der Waals surface area contributed by atoms with Crippen LogP contribution in [0.4, 0.5) is 5.82 Å². The summed E-state index contributed by atoms with van der Waals surface area (Å²) in [5.74, 6) is 0.712. The first kappa shape index (κ1) is 12.4. The maximum atomic E-state index is 11.3. The molecule has 0 fully saturated rings. The van der Waals surface area contributed by atoms with E-state index in [0.717, 1.165) is 34.7 Å². The van der Waals surface area contributed by atoms with Crippen molar-refractivity contribution in [3.8, 4) is 0 Å². The fourth-order valence-corrected chi connectivity index (χ4v) is 2.93. The van der Waals surface area contributed by atoms with Crippen LogP contribution in [0, 0.1) is 6.92 Å². The topological polar surface area (TPSA) is 62.3 Å². The summed E-state index contributed by atoms with van der Waals surface area (Å²) in [7, 11) is -3.28. The van der Waals surface area contributed by atoms with E-state index in [9.17, 15) is 8.42 Å². The largest absolute Gasteiger partial charge is 0.278 e. The molecule has 0 saturated carbocycles. The highest BCUT2D eigenvalue weighted by Crippen LogP contribution is 2.28. The number of rotatable bonds is 2. The van der Waals surface area contributed by atoms with Crippen molar-refractivity contribution in [2.24, 2.45) is 0 Å². The number of hydrazine groups is 1. The van der Waals surface area contributed by atoms with Crippen molar-refractivity contribution < 1.29 is 8.42 Å². The summed E-state index contributed by atoms with van der Waals surface area (Å²) >= 11 is 0. The molecule has 3 rings (SSSR count). The van der Waals surface area contributed by atoms with Crippen LogP contribution in [0.3, 0.4) is 0 Å². The van der Waals surface area contributed by atoms with Crippen molar-refractivity contribution in [3.63, 3.8) is 0 Å². The van der Waals surface area contributed by atoms with Crippen LogP contribution in [0.15, 0.2) is 24.3 Å². The Balaban J connectivity index is 2.09. The summed E-state index contributed by atoms with van der Waals surface area (Å²) in [6.07, 6.45) is 1.95. The lowest BCUT2D eigenvalue weighted by molar-refractivity contribution is 0.583. The van der Waals surface area contributed by atoms with Crippen LogP contribution in [-0.4, -0.2) is 26.2 Å². The molecule has 5 nitrogen and oxygen atoms in total. The van der Waals surface area contributed by atoms with E-state index in [1.807, 2.05) is 19.1 Å². The lowest BCUT2D eigenvalue weighted by atomic mass is 10.1. The highest BCUT2D eigenvalue weighted by Gasteiger charge is 2.23. The predicted molar refractivity (Wildman–Crippen MR) is 75.5 cm³/mol. The van der Waals surface area contributed by atoms with E-state index >= 15 is 0 Å². The summed E-state index contributed by atoms with van der Waals surface area (Å²) < 4.78 is 22.7. The monoisotopic (exact) mass is 277 g/mol. The van der Waals surface area contributed by atoms with Gasteiger partial charge in [0.25, 0.3) is 0 Å². The standard InChI is InChI=1S/C13H15N3O2S/c1-9-3-4-10-8-11-5-6-16(15-19(2,17)18)13(11)14-12(10)7-9/h3-4,7-8,15H,5-6H2,1-2H3. The summed E-state index contributed by atoms with van der Waals surface area (Å²) in [4.78, 5) is 7.08. The Morgan fingerprint density at radius 2 is 2.11 bits per heavy atom. The van der Waals surface area contributed by atoms with Crippen LogP contribution < -0.4 is 9.84 Å². The van der Waals surface area contributed by atoms with Crippen LogP contribution in [0.5, 0.6) is 0 Å². The molecular formula is C13H15N3O2S. The molecule has 0 bridgehead atoms. The van der Waals surface area contributed by atoms with Gasteiger partial charge >= 0.3 is 0 Å². The Morgan fingerprint density at radius 1 is 1.32 bits per heavy atom. The number of nitrogens with zero attached hydrogens (tertiary/aromatic N) is 2. The minimum Gasteiger partial charge on any atom is -0.278 e. The number of aryl methyl sites for hydroxylation is 1. The number of aromatic nitrogens is 1. The zero-order valence-electron chi connectivity index (χ0n) is 10.8. The van der Waals surface area contributed by atoms with Gasteiger partial charge in [0.15, 0.2) is 0 Å². The van der Waals surface area contributed by atoms with E-state index in [1.165, 1.54) is 0 Å². The van der Waals surface area contributed by atoms with Crippen molar-refractivity contribution in [1.82, 2.24) is 9.82 Å². The number of hydrogen-bond donors (Lipinski definition) is 1. The van der Waals surface area contributed by atoms with Crippen molar-refractivity contribution in [2.75, 3.05) is 17.8 Å². The molecule has 0 aliphatic carbocycles. The number of anilines is 1. The average molecular weight is 277 g/mol. The van der Waals surface area contributed by atoms with Gasteiger partial charge in [-0.15, -0.1) is 4.83 Å². The van der Waals surface area contributed by atoms with E-state index in [4.69, 9.17) is 0 Å². The lowest BCUT2D eigenvalue weighted by Crippen LogP contribution is -2.40. The average Bonchev–Trinajstić information content (AvgIpc) is 2.67. The molecule has 1 aliphatic rings. The van der Waals surface area contributed by atoms with E-state index in [1.54, 1.807) is 5.01 Å². The lowest BCUT2D eigenvalue weighted by Gasteiger charge is -2.18. The second kappa shape index (κ2) is 4.18. The Labute approximate surface area is 112 Å². The Morgan fingerprint density at radius 3 is 2.84 bits per heavy atom. The van der Waals surface area contributed by atoms with Gasteiger partial charge in [-0.05, 0) is 36.6 Å². The van der Waals surface area contributed by atoms with Crippen LogP contribution >= 0.6 is 0 Å². The van der Waals surface area contributed by atoms with Gasteiger partial charge in [0.1, 0.15) is 5.82 Å². The molecule has 6 heteroatoms. The number of benzene rings is 1. The van der Waals surface area contributed by atoms with Crippen LogP contribution in [0.1, 0.15) is 11.1 Å². The van der Waals surface area contributed by atoms with E-state index in [-0.39, 0.29) is 0 Å². The molecule has 0 unspecified atom stereocenters. The van der Waals surface area contributed by atoms with Crippen molar-refractivity contribution >= 4 is 26.7 Å². The van der Waals surface area contributed by atoms with Crippen LogP contribution in [0.2, 0.25) is 0 Å². The third-order valence-corrected chi connectivity index (χ3v) is 3.72. The summed E-state index contributed by atoms with van der Waals surface area (Å²) in [5.41, 5.74) is 3.11. The molecule has 1 aromatic carbocycles. The molecule has 0 atom stereocenters. The van der Waals surface area contributed by atoms with Crippen molar-refractivity contribution in [1.29, 1.82) is 0 Å². The van der Waals surface area contributed by atoms with Gasteiger partial charge in [0.05, 0.1) is 11.8 Å². The zero-order valence-corrected chi connectivity index (χ0v) is 11.7. The Bertz CT molecular complexity index is 756. The van der Waals surface area contributed by atoms with Crippen molar-refractivity contribution in [3.05, 3.63) is 35.4 Å². The van der Waals surface area contributed by atoms with Crippen LogP contribution in [-0.2, 0) is 16.4 Å². The summed E-state index contributed by atoms with van der Waals surface area (Å²) in [5, 5.41) is 2.69. The molecule has 0 spiro atoms. The Kier molecular flexibility index (Phi) is 2.72. The van der Waals surface area contributed by atoms with Gasteiger partial charge in [-0.1, -0.05) is 12.1 Å². The van der Waals surface area contributed by atoms with Gasteiger partial charge < -0.3 is 0 Å². The van der Waals surface area contributed by atoms with Crippen molar-refractivity contribution in [2.45, 2.75) is 13.3 Å². The highest BCUT2D eigenvalue weighted by molar-refractivity contribution is 7.88. The van der Waals surface area contributed by atoms with E-state index in [0.29, 0.717) is 12.4 Å². The minimum atomic E-state index is -3.28. The Hall–Kier alpha value is -1.66. The quantitative estimate of drug-likeness (QED) is 0.900. The van der Waals surface area contributed by atoms with Gasteiger partial charge in [0.2, 0.25) is 10.0 Å². The second-order valence-electron chi connectivity index (χ2n) is 4.93. The number of sulfonamides is 1. The molecule has 0 radical (unpaired) electrons.